The van der Waals surface area contributed by atoms with Crippen molar-refractivity contribution in [3.8, 4) is 5.88 Å². The average Bonchev–Trinajstić information content (AvgIpc) is 3.72. The maximum absolute atomic E-state index is 12.6. The first-order valence-electron chi connectivity index (χ1n) is 19.3. The van der Waals surface area contributed by atoms with E-state index in [1.54, 1.807) is 42.0 Å². The van der Waals surface area contributed by atoms with Gasteiger partial charge in [-0.3, -0.25) is 14.6 Å². The van der Waals surface area contributed by atoms with Gasteiger partial charge in [0, 0.05) is 50.1 Å². The number of hydrogen-bond acceptors (Lipinski definition) is 11. The predicted octanol–water partition coefficient (Wildman–Crippen LogP) is 7.55. The molecule has 0 aliphatic carbocycles. The maximum Gasteiger partial charge on any atom is 0.534 e. The van der Waals surface area contributed by atoms with Crippen molar-refractivity contribution in [1.29, 1.82) is 0 Å². The summed E-state index contributed by atoms with van der Waals surface area (Å²) in [7, 11) is -5.85. The Bertz CT molecular complexity index is 2250. The van der Waals surface area contributed by atoms with Crippen LogP contribution in [0.25, 0.3) is 11.3 Å². The molecule has 2 amide bonds. The third-order valence-electron chi connectivity index (χ3n) is 8.68. The SMILES string of the molecule is Cc1cc(=O)[nH]c2cc([C@@H]3CCCCN3C(=O)OC(C)(C)C)nn12.Cc1cc(OS(=O)(=O)C(F)(F)F)nc2cc([C@@H]3CCCCN3C(=O)OC(C)(C)C)nn12.[2H]CC. The molecule has 1 N–H and O–H groups in total. The maximum atomic E-state index is 12.6. The van der Waals surface area contributed by atoms with E-state index in [0.29, 0.717) is 43.4 Å². The topological polar surface area (TPSA) is 183 Å². The van der Waals surface area contributed by atoms with Gasteiger partial charge in [0.05, 0.1) is 23.5 Å². The molecule has 0 spiro atoms. The summed E-state index contributed by atoms with van der Waals surface area (Å²) >= 11 is 0. The highest BCUT2D eigenvalue weighted by Gasteiger charge is 2.49. The Hall–Kier alpha value is -4.88. The molecular weight excluding hydrogens is 774 g/mol. The van der Waals surface area contributed by atoms with Gasteiger partial charge in [-0.2, -0.15) is 36.8 Å². The molecule has 2 fully saturated rings. The normalized spacial score (nSPS) is 18.2. The second-order valence-electron chi connectivity index (χ2n) is 15.6. The van der Waals surface area contributed by atoms with Gasteiger partial charge in [-0.1, -0.05) is 13.8 Å². The molecule has 316 valence electrons. The van der Waals surface area contributed by atoms with Gasteiger partial charge in [0.1, 0.15) is 16.8 Å². The second kappa shape index (κ2) is 17.3. The molecule has 0 aromatic carbocycles. The minimum absolute atomic E-state index is 0.0945. The van der Waals surface area contributed by atoms with Gasteiger partial charge < -0.3 is 18.6 Å². The standard InChI is InChI=1S/C18H23F3N4O5S.C17H24N4O3.C2H6/c1-11-9-15(30-31(27,28)18(19,20)21)22-14-10-12(23-25(11)14)13-7-5-6-8-24(13)16(26)29-17(2,3)4;1-11-9-15(22)18-14-10-12(19-21(11)14)13-7-5-6-8-20(13)16(23)24-17(2,3)4;1-2/h9-10,13H,5-8H2,1-4H3;9-10,13H,5-8H2,1-4H3,(H,18,22);1-2H3/t2*13-;/m00./s1/i;;1D. The summed E-state index contributed by atoms with van der Waals surface area (Å²) in [5, 5.41) is 9.03. The molecule has 2 atom stereocenters. The zero-order valence-corrected chi connectivity index (χ0v) is 34.6. The zero-order valence-electron chi connectivity index (χ0n) is 34.8. The largest absolute Gasteiger partial charge is 0.534 e. The fourth-order valence-corrected chi connectivity index (χ4v) is 6.77. The lowest BCUT2D eigenvalue weighted by Gasteiger charge is -2.35. The summed E-state index contributed by atoms with van der Waals surface area (Å²) in [5.74, 6) is -0.721. The van der Waals surface area contributed by atoms with E-state index in [2.05, 4.69) is 24.3 Å². The van der Waals surface area contributed by atoms with E-state index in [9.17, 15) is 36.0 Å². The molecule has 0 bridgehead atoms. The number of nitrogens with zero attached hydrogens (tertiary/aromatic N) is 7. The van der Waals surface area contributed by atoms with E-state index in [1.165, 1.54) is 23.6 Å². The summed E-state index contributed by atoms with van der Waals surface area (Å²) in [4.78, 5) is 46.8. The molecule has 0 radical (unpaired) electrons. The van der Waals surface area contributed by atoms with Crippen LogP contribution in [-0.2, 0) is 19.6 Å². The van der Waals surface area contributed by atoms with Crippen LogP contribution in [0.5, 0.6) is 5.88 Å². The number of amides is 2. The molecule has 4 aromatic rings. The highest BCUT2D eigenvalue weighted by molar-refractivity contribution is 7.87. The van der Waals surface area contributed by atoms with E-state index in [4.69, 9.17) is 10.8 Å². The number of alkyl halides is 3. The average molecular weight is 828 g/mol. The van der Waals surface area contributed by atoms with Crippen LogP contribution in [0, 0.1) is 13.8 Å². The Morgan fingerprint density at radius 1 is 0.807 bits per heavy atom. The summed E-state index contributed by atoms with van der Waals surface area (Å²) < 4.78 is 84.8. The molecule has 2 aliphatic heterocycles. The van der Waals surface area contributed by atoms with Crippen molar-refractivity contribution < 1.29 is 46.2 Å². The molecule has 0 saturated carbocycles. The number of halogens is 3. The molecule has 2 aliphatic rings. The fraction of sp³-hybridized carbons (Fsp3) is 0.622. The quantitative estimate of drug-likeness (QED) is 0.158. The van der Waals surface area contributed by atoms with Crippen LogP contribution >= 0.6 is 0 Å². The van der Waals surface area contributed by atoms with Gasteiger partial charge in [0.2, 0.25) is 5.88 Å². The van der Waals surface area contributed by atoms with Gasteiger partial charge in [-0.25, -0.2) is 18.6 Å². The van der Waals surface area contributed by atoms with Gasteiger partial charge in [-0.15, -0.1) is 0 Å². The van der Waals surface area contributed by atoms with E-state index < -0.39 is 44.8 Å². The van der Waals surface area contributed by atoms with E-state index in [-0.39, 0.29) is 23.3 Å². The van der Waals surface area contributed by atoms with E-state index >= 15 is 0 Å². The van der Waals surface area contributed by atoms with Crippen molar-refractivity contribution in [2.75, 3.05) is 13.1 Å². The van der Waals surface area contributed by atoms with Crippen molar-refractivity contribution in [2.45, 2.75) is 137 Å². The van der Waals surface area contributed by atoms with Crippen LogP contribution in [0.4, 0.5) is 22.8 Å². The van der Waals surface area contributed by atoms with Crippen LogP contribution in [0.2, 0.25) is 0 Å². The van der Waals surface area contributed by atoms with Crippen LogP contribution in [-0.4, -0.2) is 89.4 Å². The number of carbonyl (C=O) groups is 2. The van der Waals surface area contributed by atoms with E-state index in [1.807, 2.05) is 33.8 Å². The minimum Gasteiger partial charge on any atom is -0.444 e. The minimum atomic E-state index is -5.85. The smallest absolute Gasteiger partial charge is 0.444 e. The second-order valence-corrected chi connectivity index (χ2v) is 17.1. The molecule has 4 aromatic heterocycles. The lowest BCUT2D eigenvalue weighted by atomic mass is 10.00. The summed E-state index contributed by atoms with van der Waals surface area (Å²) in [5.41, 5.74) is -3.87. The number of aromatic amines is 1. The van der Waals surface area contributed by atoms with Gasteiger partial charge in [0.25, 0.3) is 5.56 Å². The Morgan fingerprint density at radius 3 is 1.77 bits per heavy atom. The van der Waals surface area contributed by atoms with Crippen LogP contribution in [0.15, 0.2) is 29.1 Å². The Balaban J connectivity index is 0.000000247. The molecule has 57 heavy (non-hydrogen) atoms. The third kappa shape index (κ3) is 11.2. The molecule has 6 rings (SSSR count). The molecular formula is C37H53F3N8O8S. The monoisotopic (exact) mass is 827 g/mol. The van der Waals surface area contributed by atoms with Crippen molar-refractivity contribution in [3.63, 3.8) is 0 Å². The fourth-order valence-electron chi connectivity index (χ4n) is 6.37. The van der Waals surface area contributed by atoms with Gasteiger partial charge in [-0.05, 0) is 93.9 Å². The summed E-state index contributed by atoms with van der Waals surface area (Å²) in [6, 6.07) is 5.36. The predicted molar refractivity (Wildman–Crippen MR) is 204 cm³/mol. The Morgan fingerprint density at radius 2 is 1.28 bits per heavy atom. The number of likely N-dealkylation sites (tertiary alicyclic amines) is 2. The number of carbonyl (C=O) groups excluding carboxylic acids is 2. The molecule has 0 unspecified atom stereocenters. The van der Waals surface area contributed by atoms with E-state index in [0.717, 1.165) is 49.6 Å². The zero-order chi connectivity index (χ0) is 43.4. The number of nitrogens with one attached hydrogen (secondary N) is 1. The van der Waals surface area contributed by atoms with Crippen molar-refractivity contribution in [3.05, 3.63) is 57.4 Å². The molecule has 2 saturated heterocycles. The summed E-state index contributed by atoms with van der Waals surface area (Å²) in [6.45, 7) is 17.7. The Kier molecular flexibility index (Phi) is 13.1. The number of piperidine rings is 2. The lowest BCUT2D eigenvalue weighted by Crippen LogP contribution is -2.42. The number of aryl methyl sites for hydroxylation is 2. The number of rotatable bonds is 4. The van der Waals surface area contributed by atoms with Crippen LogP contribution in [0.1, 0.15) is 130 Å². The van der Waals surface area contributed by atoms with Gasteiger partial charge in [0.15, 0.2) is 5.65 Å². The first kappa shape index (κ1) is 43.2. The first-order valence-corrected chi connectivity index (χ1v) is 20.0. The van der Waals surface area contributed by atoms with Crippen molar-refractivity contribution >= 4 is 33.6 Å². The summed E-state index contributed by atoms with van der Waals surface area (Å²) in [6.07, 6.45) is 4.30. The molecule has 6 heterocycles. The van der Waals surface area contributed by atoms with Gasteiger partial charge >= 0.3 is 27.8 Å². The lowest BCUT2D eigenvalue weighted by molar-refractivity contribution is -0.0501. The third-order valence-corrected chi connectivity index (χ3v) is 9.63. The number of fused-ring (bicyclic) bond motifs is 2. The molecule has 20 heteroatoms. The number of hydrogen-bond donors (Lipinski definition) is 1. The first-order chi connectivity index (χ1) is 26.8. The van der Waals surface area contributed by atoms with Crippen molar-refractivity contribution in [1.82, 2.24) is 39.0 Å². The van der Waals surface area contributed by atoms with Crippen molar-refractivity contribution in [2.24, 2.45) is 0 Å². The molecule has 16 nitrogen and oxygen atoms in total. The number of H-pyrrole nitrogens is 1. The number of ether oxygens (including phenoxy) is 2. The number of aromatic nitrogens is 6. The highest BCUT2D eigenvalue weighted by Crippen LogP contribution is 2.34. The van der Waals surface area contributed by atoms with Crippen LogP contribution < -0.4 is 9.74 Å². The highest BCUT2D eigenvalue weighted by atomic mass is 32.2. The Labute approximate surface area is 331 Å². The van der Waals surface area contributed by atoms with Crippen LogP contribution in [0.3, 0.4) is 0 Å².